The number of ether oxygens (including phenoxy) is 2. The zero-order chi connectivity index (χ0) is 15.8. The van der Waals surface area contributed by atoms with E-state index in [1.165, 1.54) is 19.1 Å². The molecule has 0 aliphatic heterocycles. The minimum Gasteiger partial charge on any atom is -0.493 e. The average Bonchev–Trinajstić information content (AvgIpc) is 2.44. The van der Waals surface area contributed by atoms with Gasteiger partial charge in [-0.15, -0.1) is 0 Å². The number of aldehydes is 1. The third-order valence-electron chi connectivity index (χ3n) is 2.50. The van der Waals surface area contributed by atoms with Crippen molar-refractivity contribution in [1.82, 2.24) is 5.32 Å². The van der Waals surface area contributed by atoms with Crippen molar-refractivity contribution >= 4 is 18.2 Å². The van der Waals surface area contributed by atoms with Gasteiger partial charge in [0.15, 0.2) is 12.4 Å². The molecule has 1 rings (SSSR count). The van der Waals surface area contributed by atoms with Gasteiger partial charge in [-0.2, -0.15) is 0 Å². The highest BCUT2D eigenvalue weighted by Crippen LogP contribution is 2.25. The van der Waals surface area contributed by atoms with E-state index in [1.807, 2.05) is 12.2 Å². The summed E-state index contributed by atoms with van der Waals surface area (Å²) in [6.07, 6.45) is 0.457. The molecule has 0 saturated carbocycles. The molecule has 0 saturated heterocycles. The summed E-state index contributed by atoms with van der Waals surface area (Å²) in [5, 5.41) is 1.90. The summed E-state index contributed by atoms with van der Waals surface area (Å²) in [6, 6.07) is 3.73. The molecular formula is C14H18N2O5. The Morgan fingerprint density at radius 3 is 2.71 bits per heavy atom. The van der Waals surface area contributed by atoms with E-state index in [0.717, 1.165) is 6.42 Å². The predicted octanol–water partition coefficient (Wildman–Crippen LogP) is 1.25. The average molecular weight is 294 g/mol. The minimum absolute atomic E-state index is 0.200. The maximum atomic E-state index is 11.6. The van der Waals surface area contributed by atoms with Crippen molar-refractivity contribution in [3.63, 3.8) is 0 Å². The number of amides is 3. The molecule has 1 aromatic rings. The highest BCUT2D eigenvalue weighted by molar-refractivity contribution is 5.95. The van der Waals surface area contributed by atoms with E-state index < -0.39 is 18.0 Å². The van der Waals surface area contributed by atoms with E-state index in [9.17, 15) is 14.4 Å². The Balaban J connectivity index is 2.86. The molecule has 7 heteroatoms. The molecule has 0 aliphatic rings. The van der Waals surface area contributed by atoms with Crippen molar-refractivity contribution in [2.75, 3.05) is 6.61 Å². The molecule has 3 N–H and O–H groups in total. The molecule has 0 bridgehead atoms. The van der Waals surface area contributed by atoms with Crippen LogP contribution in [-0.2, 0) is 4.79 Å². The van der Waals surface area contributed by atoms with Gasteiger partial charge in [-0.05, 0) is 25.5 Å². The Morgan fingerprint density at radius 1 is 1.43 bits per heavy atom. The van der Waals surface area contributed by atoms with Crippen molar-refractivity contribution in [1.29, 1.82) is 0 Å². The largest absolute Gasteiger partial charge is 0.493 e. The molecular weight excluding hydrogens is 276 g/mol. The quantitative estimate of drug-likeness (QED) is 0.736. The Kier molecular flexibility index (Phi) is 6.19. The molecule has 0 radical (unpaired) electrons. The molecule has 0 fully saturated rings. The van der Waals surface area contributed by atoms with Crippen LogP contribution < -0.4 is 20.5 Å². The lowest BCUT2D eigenvalue weighted by Gasteiger charge is -2.16. The molecule has 21 heavy (non-hydrogen) atoms. The molecule has 114 valence electrons. The second-order valence-corrected chi connectivity index (χ2v) is 4.28. The maximum Gasteiger partial charge on any atom is 0.318 e. The third-order valence-corrected chi connectivity index (χ3v) is 2.50. The maximum absolute atomic E-state index is 11.6. The molecule has 7 nitrogen and oxygen atoms in total. The van der Waals surface area contributed by atoms with Crippen LogP contribution in [0.15, 0.2) is 18.2 Å². The fourth-order valence-corrected chi connectivity index (χ4v) is 1.49. The van der Waals surface area contributed by atoms with Gasteiger partial charge in [-0.1, -0.05) is 6.92 Å². The smallest absolute Gasteiger partial charge is 0.318 e. The van der Waals surface area contributed by atoms with Crippen LogP contribution in [-0.4, -0.2) is 30.9 Å². The van der Waals surface area contributed by atoms with Crippen LogP contribution in [0.4, 0.5) is 4.79 Å². The number of carbonyl (C=O) groups excluding carboxylic acids is 3. The second kappa shape index (κ2) is 7.88. The summed E-state index contributed by atoms with van der Waals surface area (Å²) in [5.41, 5.74) is 5.13. The van der Waals surface area contributed by atoms with Crippen LogP contribution >= 0.6 is 0 Å². The topological polar surface area (TPSA) is 108 Å². The lowest BCUT2D eigenvalue weighted by Crippen LogP contribution is -2.42. The molecule has 1 atom stereocenters. The van der Waals surface area contributed by atoms with Gasteiger partial charge in [0.1, 0.15) is 11.5 Å². The van der Waals surface area contributed by atoms with Crippen LogP contribution in [0.5, 0.6) is 11.5 Å². The van der Waals surface area contributed by atoms with Crippen molar-refractivity contribution in [2.24, 2.45) is 5.73 Å². The van der Waals surface area contributed by atoms with Gasteiger partial charge in [-0.25, -0.2) is 4.79 Å². The number of carbonyl (C=O) groups is 3. The van der Waals surface area contributed by atoms with Crippen molar-refractivity contribution in [2.45, 2.75) is 26.4 Å². The lowest BCUT2D eigenvalue weighted by molar-refractivity contribution is -0.126. The third kappa shape index (κ3) is 5.13. The van der Waals surface area contributed by atoms with Gasteiger partial charge < -0.3 is 15.2 Å². The summed E-state index contributed by atoms with van der Waals surface area (Å²) in [4.78, 5) is 33.2. The molecule has 0 spiro atoms. The Bertz CT molecular complexity index is 530. The van der Waals surface area contributed by atoms with Crippen LogP contribution in [0, 0.1) is 0 Å². The molecule has 0 aliphatic carbocycles. The summed E-state index contributed by atoms with van der Waals surface area (Å²) in [7, 11) is 0. The van der Waals surface area contributed by atoms with E-state index in [0.29, 0.717) is 18.6 Å². The number of nitrogens with one attached hydrogen (secondary N) is 1. The van der Waals surface area contributed by atoms with Gasteiger partial charge in [0, 0.05) is 6.07 Å². The number of hydrogen-bond acceptors (Lipinski definition) is 5. The van der Waals surface area contributed by atoms with Crippen molar-refractivity contribution < 1.29 is 23.9 Å². The van der Waals surface area contributed by atoms with E-state index in [4.69, 9.17) is 15.2 Å². The van der Waals surface area contributed by atoms with Crippen LogP contribution in [0.2, 0.25) is 0 Å². The summed E-state index contributed by atoms with van der Waals surface area (Å²) >= 11 is 0. The zero-order valence-corrected chi connectivity index (χ0v) is 11.9. The fraction of sp³-hybridized carbons (Fsp3) is 0.357. The SMILES string of the molecule is CCCOc1ccc(C=O)c(OC(C)C(=O)NC(N)=O)c1. The van der Waals surface area contributed by atoms with E-state index in [2.05, 4.69) is 0 Å². The molecule has 0 aromatic heterocycles. The first-order valence-electron chi connectivity index (χ1n) is 6.47. The molecule has 1 unspecified atom stereocenters. The number of primary amides is 1. The van der Waals surface area contributed by atoms with Gasteiger partial charge in [0.05, 0.1) is 12.2 Å². The summed E-state index contributed by atoms with van der Waals surface area (Å²) < 4.78 is 10.8. The zero-order valence-electron chi connectivity index (χ0n) is 11.9. The van der Waals surface area contributed by atoms with Gasteiger partial charge in [0.2, 0.25) is 0 Å². The standard InChI is InChI=1S/C14H18N2O5/c1-3-6-20-11-5-4-10(8-17)12(7-11)21-9(2)13(18)16-14(15)19/h4-5,7-9H,3,6H2,1-2H3,(H3,15,16,18,19). The number of rotatable bonds is 7. The van der Waals surface area contributed by atoms with Gasteiger partial charge >= 0.3 is 6.03 Å². The summed E-state index contributed by atoms with van der Waals surface area (Å²) in [6.45, 7) is 3.93. The highest BCUT2D eigenvalue weighted by Gasteiger charge is 2.18. The lowest BCUT2D eigenvalue weighted by atomic mass is 10.2. The molecule has 1 aromatic carbocycles. The van der Waals surface area contributed by atoms with E-state index in [-0.39, 0.29) is 11.3 Å². The first-order chi connectivity index (χ1) is 9.97. The monoisotopic (exact) mass is 294 g/mol. The van der Waals surface area contributed by atoms with E-state index >= 15 is 0 Å². The summed E-state index contributed by atoms with van der Waals surface area (Å²) in [5.74, 6) is 0.0323. The number of benzene rings is 1. The molecule has 0 heterocycles. The predicted molar refractivity (Wildman–Crippen MR) is 75.4 cm³/mol. The normalized spacial score (nSPS) is 11.3. The number of imide groups is 1. The first-order valence-corrected chi connectivity index (χ1v) is 6.47. The number of nitrogens with two attached hydrogens (primary N) is 1. The van der Waals surface area contributed by atoms with E-state index in [1.54, 1.807) is 6.07 Å². The van der Waals surface area contributed by atoms with Gasteiger partial charge in [0.25, 0.3) is 5.91 Å². The van der Waals surface area contributed by atoms with Crippen LogP contribution in [0.3, 0.4) is 0 Å². The number of hydrogen-bond donors (Lipinski definition) is 2. The minimum atomic E-state index is -0.988. The number of urea groups is 1. The Hall–Kier alpha value is -2.57. The Labute approximate surface area is 122 Å². The van der Waals surface area contributed by atoms with Crippen LogP contribution in [0.1, 0.15) is 30.6 Å². The van der Waals surface area contributed by atoms with Gasteiger partial charge in [-0.3, -0.25) is 14.9 Å². The van der Waals surface area contributed by atoms with Crippen molar-refractivity contribution in [3.8, 4) is 11.5 Å². The second-order valence-electron chi connectivity index (χ2n) is 4.28. The molecule has 3 amide bonds. The van der Waals surface area contributed by atoms with Crippen molar-refractivity contribution in [3.05, 3.63) is 23.8 Å². The fourth-order valence-electron chi connectivity index (χ4n) is 1.49. The highest BCUT2D eigenvalue weighted by atomic mass is 16.5. The van der Waals surface area contributed by atoms with Crippen LogP contribution in [0.25, 0.3) is 0 Å². The Morgan fingerprint density at radius 2 is 2.14 bits per heavy atom. The first kappa shape index (κ1) is 16.5.